The minimum atomic E-state index is -1.01. The zero-order valence-corrected chi connectivity index (χ0v) is 15.0. The summed E-state index contributed by atoms with van der Waals surface area (Å²) in [5.74, 6) is -1.09. The molecule has 2 heterocycles. The quantitative estimate of drug-likeness (QED) is 0.911. The topological polar surface area (TPSA) is 75.4 Å². The van der Waals surface area contributed by atoms with Crippen molar-refractivity contribution in [2.75, 3.05) is 6.54 Å². The van der Waals surface area contributed by atoms with E-state index in [-0.39, 0.29) is 23.6 Å². The Morgan fingerprint density at radius 2 is 1.80 bits per heavy atom. The van der Waals surface area contributed by atoms with Gasteiger partial charge in [0.05, 0.1) is 12.2 Å². The first-order valence-electron chi connectivity index (χ1n) is 8.36. The zero-order valence-electron chi connectivity index (χ0n) is 15.0. The lowest BCUT2D eigenvalue weighted by molar-refractivity contribution is 0.0669. The summed E-state index contributed by atoms with van der Waals surface area (Å²) in [6, 6.07) is 7.66. The molecule has 1 N–H and O–H groups in total. The average Bonchev–Trinajstić information content (AvgIpc) is 2.88. The van der Waals surface area contributed by atoms with Crippen molar-refractivity contribution in [3.05, 3.63) is 52.3 Å². The molecule has 0 bridgehead atoms. The minimum Gasteiger partial charge on any atom is -0.477 e. The first kappa shape index (κ1) is 17.2. The van der Waals surface area contributed by atoms with E-state index in [0.717, 1.165) is 5.69 Å². The SMILES string of the molecule is Cn1nc2c(c1C(=O)O)CN(C(=O)c1ccc(C(C)(C)C)cc1)CC2. The van der Waals surface area contributed by atoms with Crippen LogP contribution in [0.1, 0.15) is 58.4 Å². The molecule has 132 valence electrons. The molecule has 1 aromatic carbocycles. The third kappa shape index (κ3) is 3.16. The molecule has 2 aromatic rings. The van der Waals surface area contributed by atoms with Crippen LogP contribution in [0.3, 0.4) is 0 Å². The summed E-state index contributed by atoms with van der Waals surface area (Å²) in [4.78, 5) is 26.0. The number of amides is 1. The molecular weight excluding hydrogens is 318 g/mol. The first-order chi connectivity index (χ1) is 11.7. The van der Waals surface area contributed by atoms with Crippen LogP contribution in [0.25, 0.3) is 0 Å². The van der Waals surface area contributed by atoms with Gasteiger partial charge in [-0.2, -0.15) is 5.10 Å². The summed E-state index contributed by atoms with van der Waals surface area (Å²) in [6.07, 6.45) is 0.572. The maximum atomic E-state index is 12.8. The van der Waals surface area contributed by atoms with Crippen molar-refractivity contribution >= 4 is 11.9 Å². The molecule has 0 radical (unpaired) electrons. The van der Waals surface area contributed by atoms with Crippen molar-refractivity contribution in [3.8, 4) is 0 Å². The van der Waals surface area contributed by atoms with Gasteiger partial charge in [0.2, 0.25) is 0 Å². The number of hydrogen-bond donors (Lipinski definition) is 1. The third-order valence-corrected chi connectivity index (χ3v) is 4.68. The predicted molar refractivity (Wildman–Crippen MR) is 93.8 cm³/mol. The molecule has 1 aliphatic heterocycles. The molecule has 0 spiro atoms. The minimum absolute atomic E-state index is 0.0354. The van der Waals surface area contributed by atoms with E-state index in [1.165, 1.54) is 10.2 Å². The number of carboxylic acid groups (broad SMARTS) is 1. The van der Waals surface area contributed by atoms with Crippen LogP contribution in [0.15, 0.2) is 24.3 Å². The van der Waals surface area contributed by atoms with E-state index >= 15 is 0 Å². The van der Waals surface area contributed by atoms with Crippen LogP contribution >= 0.6 is 0 Å². The molecule has 0 saturated carbocycles. The lowest BCUT2D eigenvalue weighted by Gasteiger charge is -2.27. The number of carbonyl (C=O) groups is 2. The maximum Gasteiger partial charge on any atom is 0.354 e. The third-order valence-electron chi connectivity index (χ3n) is 4.68. The highest BCUT2D eigenvalue weighted by Gasteiger charge is 2.29. The van der Waals surface area contributed by atoms with E-state index in [9.17, 15) is 14.7 Å². The molecule has 0 saturated heterocycles. The van der Waals surface area contributed by atoms with Gasteiger partial charge in [0.1, 0.15) is 0 Å². The Balaban J connectivity index is 1.84. The number of carboxylic acids is 1. The van der Waals surface area contributed by atoms with E-state index in [4.69, 9.17) is 0 Å². The molecule has 25 heavy (non-hydrogen) atoms. The van der Waals surface area contributed by atoms with E-state index in [0.29, 0.717) is 24.1 Å². The average molecular weight is 341 g/mol. The molecule has 1 aliphatic rings. The Hall–Kier alpha value is -2.63. The number of nitrogens with zero attached hydrogens (tertiary/aromatic N) is 3. The van der Waals surface area contributed by atoms with Gasteiger partial charge in [0.15, 0.2) is 5.69 Å². The fourth-order valence-corrected chi connectivity index (χ4v) is 3.24. The van der Waals surface area contributed by atoms with Gasteiger partial charge in [0.25, 0.3) is 5.91 Å². The van der Waals surface area contributed by atoms with Gasteiger partial charge in [-0.1, -0.05) is 32.9 Å². The molecule has 6 heteroatoms. The highest BCUT2D eigenvalue weighted by Crippen LogP contribution is 2.25. The number of benzene rings is 1. The maximum absolute atomic E-state index is 12.8. The highest BCUT2D eigenvalue weighted by molar-refractivity contribution is 5.95. The van der Waals surface area contributed by atoms with Crippen LogP contribution in [0.5, 0.6) is 0 Å². The van der Waals surface area contributed by atoms with Gasteiger partial charge >= 0.3 is 5.97 Å². The van der Waals surface area contributed by atoms with Crippen molar-refractivity contribution in [1.29, 1.82) is 0 Å². The van der Waals surface area contributed by atoms with Crippen molar-refractivity contribution < 1.29 is 14.7 Å². The summed E-state index contributed by atoms with van der Waals surface area (Å²) < 4.78 is 1.39. The zero-order chi connectivity index (χ0) is 18.4. The number of aromatic nitrogens is 2. The fourth-order valence-electron chi connectivity index (χ4n) is 3.24. The second kappa shape index (κ2) is 6.02. The molecule has 0 unspecified atom stereocenters. The van der Waals surface area contributed by atoms with E-state index in [1.807, 2.05) is 24.3 Å². The molecule has 1 aromatic heterocycles. The molecular formula is C19H23N3O3. The molecule has 0 aliphatic carbocycles. The number of hydrogen-bond acceptors (Lipinski definition) is 3. The van der Waals surface area contributed by atoms with Gasteiger partial charge in [0, 0.05) is 31.1 Å². The Morgan fingerprint density at radius 3 is 2.36 bits per heavy atom. The number of fused-ring (bicyclic) bond motifs is 1. The summed E-state index contributed by atoms with van der Waals surface area (Å²) >= 11 is 0. The summed E-state index contributed by atoms with van der Waals surface area (Å²) in [5, 5.41) is 13.7. The van der Waals surface area contributed by atoms with Crippen LogP contribution in [0, 0.1) is 0 Å². The molecule has 3 rings (SSSR count). The monoisotopic (exact) mass is 341 g/mol. The molecule has 0 atom stereocenters. The molecule has 1 amide bonds. The van der Waals surface area contributed by atoms with Crippen LogP contribution in [0.2, 0.25) is 0 Å². The van der Waals surface area contributed by atoms with Crippen LogP contribution in [-0.4, -0.2) is 38.2 Å². The largest absolute Gasteiger partial charge is 0.477 e. The predicted octanol–water partition coefficient (Wildman–Crippen LogP) is 2.61. The fraction of sp³-hybridized carbons (Fsp3) is 0.421. The summed E-state index contributed by atoms with van der Waals surface area (Å²) in [5.41, 5.74) is 3.40. The van der Waals surface area contributed by atoms with E-state index in [2.05, 4.69) is 25.9 Å². The van der Waals surface area contributed by atoms with Crippen LogP contribution < -0.4 is 0 Å². The van der Waals surface area contributed by atoms with E-state index in [1.54, 1.807) is 11.9 Å². The Morgan fingerprint density at radius 1 is 1.16 bits per heavy atom. The lowest BCUT2D eigenvalue weighted by atomic mass is 9.86. The van der Waals surface area contributed by atoms with Gasteiger partial charge in [-0.25, -0.2) is 4.79 Å². The van der Waals surface area contributed by atoms with Crippen LogP contribution in [-0.2, 0) is 25.4 Å². The number of rotatable bonds is 2. The second-order valence-corrected chi connectivity index (χ2v) is 7.51. The summed E-state index contributed by atoms with van der Waals surface area (Å²) in [7, 11) is 1.62. The Kier molecular flexibility index (Phi) is 4.14. The standard InChI is InChI=1S/C19H23N3O3/c1-19(2,3)13-7-5-12(6-8-13)17(23)22-10-9-15-14(11-22)16(18(24)25)21(4)20-15/h5-8H,9-11H2,1-4H3,(H,24,25). The van der Waals surface area contributed by atoms with Crippen molar-refractivity contribution in [3.63, 3.8) is 0 Å². The summed E-state index contributed by atoms with van der Waals surface area (Å²) in [6.45, 7) is 7.22. The second-order valence-electron chi connectivity index (χ2n) is 7.51. The van der Waals surface area contributed by atoms with Crippen molar-refractivity contribution in [2.45, 2.75) is 39.2 Å². The highest BCUT2D eigenvalue weighted by atomic mass is 16.4. The van der Waals surface area contributed by atoms with Crippen molar-refractivity contribution in [2.24, 2.45) is 7.05 Å². The Labute approximate surface area is 147 Å². The lowest BCUT2D eigenvalue weighted by Crippen LogP contribution is -2.36. The smallest absolute Gasteiger partial charge is 0.354 e. The van der Waals surface area contributed by atoms with Gasteiger partial charge in [-0.3, -0.25) is 9.48 Å². The van der Waals surface area contributed by atoms with Crippen molar-refractivity contribution in [1.82, 2.24) is 14.7 Å². The van der Waals surface area contributed by atoms with Crippen LogP contribution in [0.4, 0.5) is 0 Å². The normalized spacial score (nSPS) is 14.3. The molecule has 6 nitrogen and oxygen atoms in total. The number of aryl methyl sites for hydroxylation is 1. The van der Waals surface area contributed by atoms with Gasteiger partial charge < -0.3 is 10.0 Å². The van der Waals surface area contributed by atoms with Gasteiger partial charge in [-0.15, -0.1) is 0 Å². The number of aromatic carboxylic acids is 1. The molecule has 0 fully saturated rings. The van der Waals surface area contributed by atoms with E-state index < -0.39 is 5.97 Å². The Bertz CT molecular complexity index is 829. The van der Waals surface area contributed by atoms with Gasteiger partial charge in [-0.05, 0) is 23.1 Å². The number of carbonyl (C=O) groups excluding carboxylic acids is 1. The first-order valence-corrected chi connectivity index (χ1v) is 8.36.